The Kier molecular flexibility index (Phi) is 4.20. The zero-order chi connectivity index (χ0) is 7.98. The van der Waals surface area contributed by atoms with E-state index in [1.54, 1.807) is 6.92 Å². The second-order valence-electron chi connectivity index (χ2n) is 2.03. The fraction of sp³-hybridized carbons (Fsp3) is 0.429. The molecule has 10 heavy (non-hydrogen) atoms. The summed E-state index contributed by atoms with van der Waals surface area (Å²) in [6, 6.07) is 0. The molecule has 0 aliphatic carbocycles. The lowest BCUT2D eigenvalue weighted by Gasteiger charge is -1.91. The zero-order valence-corrected chi connectivity index (χ0v) is 5.83. The van der Waals surface area contributed by atoms with Crippen molar-refractivity contribution in [3.63, 3.8) is 0 Å². The molecule has 0 saturated heterocycles. The Labute approximate surface area is 59.4 Å². The van der Waals surface area contributed by atoms with E-state index in [-0.39, 0.29) is 0 Å². The molecule has 0 amide bonds. The third kappa shape index (κ3) is 5.03. The van der Waals surface area contributed by atoms with Crippen LogP contribution in [0.15, 0.2) is 11.6 Å². The number of aliphatic carboxylic acids is 1. The minimum absolute atomic E-state index is 0.398. The van der Waals surface area contributed by atoms with E-state index in [0.717, 1.165) is 17.9 Å². The number of carboxylic acid groups (broad SMARTS) is 1. The topological polar surface area (TPSA) is 54.4 Å². The predicted molar refractivity (Wildman–Crippen MR) is 36.7 cm³/mol. The molecule has 0 unspecified atom stereocenters. The van der Waals surface area contributed by atoms with Crippen molar-refractivity contribution < 1.29 is 14.7 Å². The summed E-state index contributed by atoms with van der Waals surface area (Å²) < 4.78 is 0. The van der Waals surface area contributed by atoms with Crippen LogP contribution in [0.4, 0.5) is 0 Å². The van der Waals surface area contributed by atoms with Gasteiger partial charge in [0.05, 0.1) is 0 Å². The summed E-state index contributed by atoms with van der Waals surface area (Å²) in [6.07, 6.45) is 2.83. The van der Waals surface area contributed by atoms with Gasteiger partial charge in [-0.25, -0.2) is 4.79 Å². The van der Waals surface area contributed by atoms with Crippen LogP contribution in [-0.2, 0) is 9.59 Å². The molecular formula is C7H10O3. The fourth-order valence-electron chi connectivity index (χ4n) is 0.570. The Morgan fingerprint density at radius 2 is 2.20 bits per heavy atom. The van der Waals surface area contributed by atoms with Crippen LogP contribution in [0, 0.1) is 0 Å². The summed E-state index contributed by atoms with van der Waals surface area (Å²) in [5, 5.41) is 8.22. The van der Waals surface area contributed by atoms with Crippen LogP contribution < -0.4 is 0 Å². The molecule has 0 bridgehead atoms. The van der Waals surface area contributed by atoms with Crippen LogP contribution in [0.25, 0.3) is 0 Å². The highest BCUT2D eigenvalue weighted by Gasteiger charge is 1.92. The molecule has 3 heteroatoms. The first-order valence-electron chi connectivity index (χ1n) is 3.00. The Hall–Kier alpha value is -1.12. The monoisotopic (exact) mass is 142 g/mol. The lowest BCUT2D eigenvalue weighted by atomic mass is 10.2. The maximum atomic E-state index is 10.0. The van der Waals surface area contributed by atoms with Gasteiger partial charge in [-0.3, -0.25) is 0 Å². The summed E-state index contributed by atoms with van der Waals surface area (Å²) >= 11 is 0. The Bertz CT molecular complexity index is 158. The molecule has 0 rings (SSSR count). The van der Waals surface area contributed by atoms with Gasteiger partial charge in [0.2, 0.25) is 0 Å². The lowest BCUT2D eigenvalue weighted by molar-refractivity contribution is -0.131. The van der Waals surface area contributed by atoms with E-state index in [4.69, 9.17) is 5.11 Å². The van der Waals surface area contributed by atoms with E-state index in [2.05, 4.69) is 0 Å². The summed E-state index contributed by atoms with van der Waals surface area (Å²) in [5.74, 6) is -0.955. The summed E-state index contributed by atoms with van der Waals surface area (Å²) in [4.78, 5) is 19.8. The molecule has 3 nitrogen and oxygen atoms in total. The molecule has 0 aromatic carbocycles. The highest BCUT2D eigenvalue weighted by atomic mass is 16.4. The molecule has 0 heterocycles. The Morgan fingerprint density at radius 1 is 1.60 bits per heavy atom. The number of carboxylic acids is 1. The molecule has 0 aliphatic heterocycles. The second kappa shape index (κ2) is 4.73. The molecular weight excluding hydrogens is 132 g/mol. The van der Waals surface area contributed by atoms with Gasteiger partial charge < -0.3 is 9.90 Å². The molecule has 0 saturated carbocycles. The summed E-state index contributed by atoms with van der Waals surface area (Å²) in [6.45, 7) is 1.69. The molecule has 0 aromatic rings. The number of allylic oxidation sites excluding steroid dienone is 1. The number of hydrogen-bond acceptors (Lipinski definition) is 2. The van der Waals surface area contributed by atoms with Gasteiger partial charge in [-0.1, -0.05) is 5.57 Å². The van der Waals surface area contributed by atoms with Crippen LogP contribution in [0.3, 0.4) is 0 Å². The molecule has 0 aliphatic rings. The number of rotatable bonds is 4. The first-order valence-corrected chi connectivity index (χ1v) is 3.00. The minimum Gasteiger partial charge on any atom is -0.478 e. The summed E-state index contributed by atoms with van der Waals surface area (Å²) in [5.41, 5.74) is 0.722. The van der Waals surface area contributed by atoms with Crippen LogP contribution in [0.1, 0.15) is 19.8 Å². The number of aldehydes is 1. The first kappa shape index (κ1) is 8.88. The van der Waals surface area contributed by atoms with Gasteiger partial charge in [0.1, 0.15) is 6.29 Å². The standard InChI is InChI=1S/C7H10O3/c1-6(3-2-4-8)5-7(9)10/h4-5H,2-3H2,1H3,(H,9,10)/b6-5-. The number of carbonyl (C=O) groups excluding carboxylic acids is 1. The normalized spacial score (nSPS) is 11.1. The van der Waals surface area contributed by atoms with Crippen molar-refractivity contribution in [2.75, 3.05) is 0 Å². The Balaban J connectivity index is 3.70. The Morgan fingerprint density at radius 3 is 2.60 bits per heavy atom. The van der Waals surface area contributed by atoms with Gasteiger partial charge in [0.25, 0.3) is 0 Å². The molecule has 0 aromatic heterocycles. The number of carbonyl (C=O) groups is 2. The van der Waals surface area contributed by atoms with Crippen molar-refractivity contribution in [2.45, 2.75) is 19.8 Å². The van der Waals surface area contributed by atoms with Crippen LogP contribution in [-0.4, -0.2) is 17.4 Å². The molecule has 0 fully saturated rings. The molecule has 0 spiro atoms. The van der Waals surface area contributed by atoms with Gasteiger partial charge in [-0.05, 0) is 13.3 Å². The average molecular weight is 142 g/mol. The van der Waals surface area contributed by atoms with Crippen molar-refractivity contribution in [3.8, 4) is 0 Å². The maximum Gasteiger partial charge on any atom is 0.328 e. The predicted octanol–water partition coefficient (Wildman–Crippen LogP) is 0.996. The SMILES string of the molecule is C/C(=C/C(=O)O)CCC=O. The lowest BCUT2D eigenvalue weighted by Crippen LogP contribution is -1.90. The van der Waals surface area contributed by atoms with E-state index in [0.29, 0.717) is 12.8 Å². The van der Waals surface area contributed by atoms with E-state index in [1.807, 2.05) is 0 Å². The molecule has 0 atom stereocenters. The van der Waals surface area contributed by atoms with E-state index >= 15 is 0 Å². The van der Waals surface area contributed by atoms with Gasteiger partial charge in [-0.15, -0.1) is 0 Å². The summed E-state index contributed by atoms with van der Waals surface area (Å²) in [7, 11) is 0. The smallest absolute Gasteiger partial charge is 0.328 e. The molecule has 1 N–H and O–H groups in total. The van der Waals surface area contributed by atoms with Crippen LogP contribution in [0.5, 0.6) is 0 Å². The van der Waals surface area contributed by atoms with Crippen LogP contribution >= 0.6 is 0 Å². The maximum absolute atomic E-state index is 10.0. The van der Waals surface area contributed by atoms with Crippen molar-refractivity contribution in [3.05, 3.63) is 11.6 Å². The van der Waals surface area contributed by atoms with E-state index in [9.17, 15) is 9.59 Å². The van der Waals surface area contributed by atoms with Crippen molar-refractivity contribution in [1.82, 2.24) is 0 Å². The zero-order valence-electron chi connectivity index (χ0n) is 5.83. The van der Waals surface area contributed by atoms with Crippen molar-refractivity contribution in [1.29, 1.82) is 0 Å². The van der Waals surface area contributed by atoms with Gasteiger partial charge in [-0.2, -0.15) is 0 Å². The highest BCUT2D eigenvalue weighted by molar-refractivity contribution is 5.80. The minimum atomic E-state index is -0.955. The molecule has 0 radical (unpaired) electrons. The van der Waals surface area contributed by atoms with Gasteiger partial charge in [0.15, 0.2) is 0 Å². The number of hydrogen-bond donors (Lipinski definition) is 1. The largest absolute Gasteiger partial charge is 0.478 e. The highest BCUT2D eigenvalue weighted by Crippen LogP contribution is 2.00. The third-order valence-corrected chi connectivity index (χ3v) is 1.03. The first-order chi connectivity index (χ1) is 4.66. The average Bonchev–Trinajstić information content (AvgIpc) is 1.82. The van der Waals surface area contributed by atoms with Crippen LogP contribution in [0.2, 0.25) is 0 Å². The van der Waals surface area contributed by atoms with Gasteiger partial charge in [0, 0.05) is 12.5 Å². The second-order valence-corrected chi connectivity index (χ2v) is 2.03. The van der Waals surface area contributed by atoms with E-state index in [1.165, 1.54) is 0 Å². The third-order valence-electron chi connectivity index (χ3n) is 1.03. The van der Waals surface area contributed by atoms with Crippen molar-refractivity contribution in [2.24, 2.45) is 0 Å². The quantitative estimate of drug-likeness (QED) is 0.470. The van der Waals surface area contributed by atoms with E-state index < -0.39 is 5.97 Å². The van der Waals surface area contributed by atoms with Gasteiger partial charge >= 0.3 is 5.97 Å². The molecule has 56 valence electrons. The van der Waals surface area contributed by atoms with Crippen molar-refractivity contribution >= 4 is 12.3 Å². The fourth-order valence-corrected chi connectivity index (χ4v) is 0.570.